The van der Waals surface area contributed by atoms with Crippen LogP contribution in [0.5, 0.6) is 17.2 Å². The molecule has 0 unspecified atom stereocenters. The first-order valence-electron chi connectivity index (χ1n) is 21.4. The number of nitrogens with one attached hydrogen (secondary N) is 4. The van der Waals surface area contributed by atoms with Crippen LogP contribution < -0.4 is 30.7 Å². The number of aliphatic carboxylic acids is 2. The number of aromatic hydroxyl groups is 1. The topological polar surface area (TPSA) is 311 Å². The maximum Gasteiger partial charge on any atom is 0.305 e. The minimum Gasteiger partial charge on any atom is -0.507 e. The predicted molar refractivity (Wildman–Crippen MR) is 227 cm³/mol. The molecule has 7 N–H and O–H groups in total. The van der Waals surface area contributed by atoms with Gasteiger partial charge in [-0.3, -0.25) is 48.4 Å². The highest BCUT2D eigenvalue weighted by atomic mass is 16.7. The van der Waals surface area contributed by atoms with Crippen LogP contribution in [0.3, 0.4) is 0 Å². The number of phenols is 1. The van der Waals surface area contributed by atoms with Crippen LogP contribution >= 0.6 is 0 Å². The highest BCUT2D eigenvalue weighted by molar-refractivity contribution is 5.97. The van der Waals surface area contributed by atoms with Gasteiger partial charge >= 0.3 is 11.9 Å². The van der Waals surface area contributed by atoms with Crippen LogP contribution in [0.25, 0.3) is 0 Å². The van der Waals surface area contributed by atoms with Crippen molar-refractivity contribution >= 4 is 71.3 Å². The standard InChI is InChI=1S/C22H28N4O7.C21H24N4O8/c1-12-8-14(9-13(2)20(12)31)23-16-5-6-18(28)25-7-3-4-17(26(25)22(16)33)21(32)24-15(11-27)10-19(29)30;26-10-13(9-19(28)29)23-20(30)15-2-1-7-24-18(27)6-4-14(21(31)25(15)24)22-12-3-5-16-17(8-12)33-11-32-16/h8-9,11,15-17,23,31H,3-7,10H2,1-2H3,(H,24,32)(H,29,30);3,5,8,10,13-15,22H,1-2,4,6-7,9,11H2,(H,23,30)(H,28,29)/t15-,16-,17-;13-,14-,15-/m00/s1. The van der Waals surface area contributed by atoms with Crippen LogP contribution in [-0.2, 0) is 47.9 Å². The molecule has 0 aromatic heterocycles. The summed E-state index contributed by atoms with van der Waals surface area (Å²) in [6, 6.07) is 2.40. The number of ether oxygens (including phenoxy) is 2. The molecule has 0 bridgehead atoms. The molecule has 5 aliphatic heterocycles. The minimum atomic E-state index is -1.25. The summed E-state index contributed by atoms with van der Waals surface area (Å²) in [6.45, 7) is 4.15. The van der Waals surface area contributed by atoms with Gasteiger partial charge in [-0.2, -0.15) is 0 Å². The number of amides is 6. The summed E-state index contributed by atoms with van der Waals surface area (Å²) in [5.41, 5.74) is 2.45. The Kier molecular flexibility index (Phi) is 15.3. The van der Waals surface area contributed by atoms with Crippen molar-refractivity contribution in [3.63, 3.8) is 0 Å². The Morgan fingerprint density at radius 2 is 1.14 bits per heavy atom. The Morgan fingerprint density at radius 1 is 0.682 bits per heavy atom. The van der Waals surface area contributed by atoms with Gasteiger partial charge in [0.05, 0.1) is 24.9 Å². The lowest BCUT2D eigenvalue weighted by Crippen LogP contribution is -2.63. The number of carbonyl (C=O) groups excluding carboxylic acids is 8. The summed E-state index contributed by atoms with van der Waals surface area (Å²) in [6.07, 6.45) is 1.67. The summed E-state index contributed by atoms with van der Waals surface area (Å²) in [5.74, 6) is -4.07. The number of aldehydes is 2. The Balaban J connectivity index is 0.000000218. The van der Waals surface area contributed by atoms with Gasteiger partial charge < -0.3 is 55.6 Å². The van der Waals surface area contributed by atoms with Crippen LogP contribution in [0.2, 0.25) is 0 Å². The van der Waals surface area contributed by atoms with E-state index < -0.39 is 84.7 Å². The number of nitrogens with zero attached hydrogens (tertiary/aromatic N) is 4. The fraction of sp³-hybridized carbons (Fsp3) is 0.488. The van der Waals surface area contributed by atoms with Crippen LogP contribution in [0.15, 0.2) is 30.3 Å². The normalized spacial score (nSPS) is 22.2. The monoisotopic (exact) mass is 920 g/mol. The van der Waals surface area contributed by atoms with Gasteiger partial charge in [-0.05, 0) is 87.8 Å². The van der Waals surface area contributed by atoms with Crippen molar-refractivity contribution in [1.82, 2.24) is 30.7 Å². The van der Waals surface area contributed by atoms with Crippen molar-refractivity contribution in [2.75, 3.05) is 30.5 Å². The number of anilines is 2. The first kappa shape index (κ1) is 48.0. The maximum atomic E-state index is 13.5. The second kappa shape index (κ2) is 21.0. The maximum absolute atomic E-state index is 13.5. The summed E-state index contributed by atoms with van der Waals surface area (Å²) in [7, 11) is 0. The van der Waals surface area contributed by atoms with Gasteiger partial charge in [0, 0.05) is 43.4 Å². The van der Waals surface area contributed by atoms with Gasteiger partial charge in [0.2, 0.25) is 30.4 Å². The molecule has 0 spiro atoms. The van der Waals surface area contributed by atoms with E-state index in [-0.39, 0.29) is 76.0 Å². The number of carbonyl (C=O) groups is 10. The molecule has 4 fully saturated rings. The van der Waals surface area contributed by atoms with Crippen LogP contribution in [0.4, 0.5) is 11.4 Å². The molecule has 2 aromatic carbocycles. The van der Waals surface area contributed by atoms with E-state index in [0.717, 1.165) is 10.0 Å². The third kappa shape index (κ3) is 11.1. The molecule has 4 saturated heterocycles. The zero-order valence-electron chi connectivity index (χ0n) is 36.2. The Hall–Kier alpha value is -7.46. The third-order valence-corrected chi connectivity index (χ3v) is 11.6. The lowest BCUT2D eigenvalue weighted by Gasteiger charge is -2.43. The molecule has 5 aliphatic rings. The SMILES string of the molecule is Cc1cc(N[C@H]2CCC(=O)N3CCC[C@@H](C(=O)N[C@H](C=O)CC(=O)O)N3C2=O)cc(C)c1O.O=C[C@H](CC(=O)O)NC(=O)[C@@H]1CCCN2C(=O)CC[C@H](Nc3ccc4c(c3)OCO4)C(=O)N12. The molecule has 0 radical (unpaired) electrons. The van der Waals surface area contributed by atoms with Crippen LogP contribution in [-0.4, -0.2) is 151 Å². The average Bonchev–Trinajstić information content (AvgIpc) is 3.68. The van der Waals surface area contributed by atoms with Crippen molar-refractivity contribution in [3.8, 4) is 17.2 Å². The first-order chi connectivity index (χ1) is 31.5. The number of carboxylic acid groups (broad SMARTS) is 2. The molecular weight excluding hydrogens is 869 g/mol. The van der Waals surface area contributed by atoms with E-state index in [2.05, 4.69) is 21.3 Å². The summed E-state index contributed by atoms with van der Waals surface area (Å²) >= 11 is 0. The number of hydrogen-bond acceptors (Lipinski definition) is 15. The summed E-state index contributed by atoms with van der Waals surface area (Å²) in [4.78, 5) is 123. The number of phenolic OH excluding ortho intramolecular Hbond substituents is 1. The molecule has 0 aliphatic carbocycles. The molecule has 6 amide bonds. The van der Waals surface area contributed by atoms with E-state index in [1.807, 2.05) is 0 Å². The second-order valence-corrected chi connectivity index (χ2v) is 16.4. The minimum absolute atomic E-state index is 0.0975. The van der Waals surface area contributed by atoms with E-state index >= 15 is 0 Å². The van der Waals surface area contributed by atoms with Crippen molar-refractivity contribution < 1.29 is 72.7 Å². The molecule has 354 valence electrons. The van der Waals surface area contributed by atoms with Gasteiger partial charge in [-0.25, -0.2) is 10.0 Å². The van der Waals surface area contributed by atoms with Crippen molar-refractivity contribution in [3.05, 3.63) is 41.5 Å². The predicted octanol–water partition coefficient (Wildman–Crippen LogP) is 0.359. The average molecular weight is 921 g/mol. The molecule has 23 nitrogen and oxygen atoms in total. The van der Waals surface area contributed by atoms with E-state index in [1.165, 1.54) is 10.0 Å². The van der Waals surface area contributed by atoms with Gasteiger partial charge in [-0.1, -0.05) is 0 Å². The van der Waals surface area contributed by atoms with Crippen molar-refractivity contribution in [2.24, 2.45) is 0 Å². The number of carboxylic acids is 2. The number of hydrazine groups is 2. The molecule has 7 rings (SSSR count). The van der Waals surface area contributed by atoms with Crippen LogP contribution in [0.1, 0.15) is 75.3 Å². The first-order valence-corrected chi connectivity index (χ1v) is 21.4. The Bertz CT molecular complexity index is 2250. The number of fused-ring (bicyclic) bond motifs is 3. The number of hydrogen-bond donors (Lipinski definition) is 7. The van der Waals surface area contributed by atoms with Crippen molar-refractivity contribution in [2.45, 2.75) is 114 Å². The Labute approximate surface area is 377 Å². The van der Waals surface area contributed by atoms with Gasteiger partial charge in [0.15, 0.2) is 11.5 Å². The summed E-state index contributed by atoms with van der Waals surface area (Å²) < 4.78 is 10.7. The Morgan fingerprint density at radius 3 is 1.59 bits per heavy atom. The zero-order chi connectivity index (χ0) is 47.8. The lowest BCUT2D eigenvalue weighted by molar-refractivity contribution is -0.175. The number of benzene rings is 2. The highest BCUT2D eigenvalue weighted by Crippen LogP contribution is 2.35. The quantitative estimate of drug-likeness (QED) is 0.0994. The van der Waals surface area contributed by atoms with Gasteiger partial charge in [-0.15, -0.1) is 0 Å². The highest BCUT2D eigenvalue weighted by Gasteiger charge is 2.46. The van der Waals surface area contributed by atoms with Gasteiger partial charge in [0.25, 0.3) is 11.8 Å². The third-order valence-electron chi connectivity index (χ3n) is 11.6. The molecule has 2 aromatic rings. The zero-order valence-corrected chi connectivity index (χ0v) is 36.2. The van der Waals surface area contributed by atoms with E-state index in [0.29, 0.717) is 59.4 Å². The molecule has 66 heavy (non-hydrogen) atoms. The van der Waals surface area contributed by atoms with Gasteiger partial charge in [0.1, 0.15) is 42.5 Å². The van der Waals surface area contributed by atoms with Crippen molar-refractivity contribution in [1.29, 1.82) is 0 Å². The molecular formula is C43H52N8O15. The van der Waals surface area contributed by atoms with E-state index in [1.54, 1.807) is 44.2 Å². The number of rotatable bonds is 14. The van der Waals surface area contributed by atoms with E-state index in [4.69, 9.17) is 19.7 Å². The summed E-state index contributed by atoms with van der Waals surface area (Å²) in [5, 5.41) is 43.7. The fourth-order valence-electron chi connectivity index (χ4n) is 8.44. The lowest BCUT2D eigenvalue weighted by atomic mass is 10.0. The van der Waals surface area contributed by atoms with E-state index in [9.17, 15) is 53.1 Å². The smallest absolute Gasteiger partial charge is 0.305 e. The second-order valence-electron chi connectivity index (χ2n) is 16.4. The largest absolute Gasteiger partial charge is 0.507 e. The molecule has 23 heteroatoms. The fourth-order valence-corrected chi connectivity index (χ4v) is 8.44. The molecule has 6 atom stereocenters. The molecule has 5 heterocycles. The molecule has 0 saturated carbocycles. The number of aryl methyl sites for hydroxylation is 2. The van der Waals surface area contributed by atoms with Crippen LogP contribution in [0, 0.1) is 13.8 Å².